The van der Waals surface area contributed by atoms with Crippen LogP contribution in [0.2, 0.25) is 0 Å². The highest BCUT2D eigenvalue weighted by Gasteiger charge is 2.32. The number of rotatable bonds is 5. The Morgan fingerprint density at radius 1 is 1.43 bits per heavy atom. The number of ether oxygens (including phenoxy) is 1. The zero-order valence-corrected chi connectivity index (χ0v) is 13.9. The van der Waals surface area contributed by atoms with Crippen LogP contribution in [0.1, 0.15) is 13.3 Å². The number of nitrogens with zero attached hydrogens (tertiary/aromatic N) is 1. The van der Waals surface area contributed by atoms with Gasteiger partial charge >= 0.3 is 0 Å². The standard InChI is InChI=1S/C13H16BrF2NO3S/c1-2-17(7-9-3-4-20-8-9)21(18,19)13-11(14)5-10(15)6-12(13)16/h5-6,9H,2-4,7-8H2,1H3. The molecule has 8 heteroatoms. The van der Waals surface area contributed by atoms with Gasteiger partial charge in [-0.25, -0.2) is 17.2 Å². The molecule has 0 radical (unpaired) electrons. The number of benzene rings is 1. The van der Waals surface area contributed by atoms with E-state index in [-0.39, 0.29) is 23.5 Å². The monoisotopic (exact) mass is 383 g/mol. The zero-order chi connectivity index (χ0) is 15.6. The summed E-state index contributed by atoms with van der Waals surface area (Å²) in [5, 5.41) is 0. The van der Waals surface area contributed by atoms with Crippen molar-refractivity contribution in [2.45, 2.75) is 18.2 Å². The lowest BCUT2D eigenvalue weighted by atomic mass is 10.1. The number of hydrogen-bond acceptors (Lipinski definition) is 3. The van der Waals surface area contributed by atoms with E-state index in [4.69, 9.17) is 4.74 Å². The van der Waals surface area contributed by atoms with E-state index in [0.29, 0.717) is 19.3 Å². The SMILES string of the molecule is CCN(CC1CCOC1)S(=O)(=O)c1c(F)cc(F)cc1Br. The molecule has 1 aliphatic rings. The van der Waals surface area contributed by atoms with Gasteiger partial charge in [-0.15, -0.1) is 0 Å². The van der Waals surface area contributed by atoms with E-state index in [0.717, 1.165) is 12.5 Å². The molecule has 0 saturated carbocycles. The molecule has 1 atom stereocenters. The highest BCUT2D eigenvalue weighted by molar-refractivity contribution is 9.10. The van der Waals surface area contributed by atoms with Crippen molar-refractivity contribution in [3.8, 4) is 0 Å². The maximum atomic E-state index is 13.9. The Labute approximate surface area is 131 Å². The fourth-order valence-electron chi connectivity index (χ4n) is 2.32. The van der Waals surface area contributed by atoms with Crippen LogP contribution in [-0.2, 0) is 14.8 Å². The molecule has 0 amide bonds. The van der Waals surface area contributed by atoms with Crippen LogP contribution >= 0.6 is 15.9 Å². The van der Waals surface area contributed by atoms with Crippen LogP contribution in [0.15, 0.2) is 21.5 Å². The van der Waals surface area contributed by atoms with Crippen LogP contribution in [-0.4, -0.2) is 39.0 Å². The van der Waals surface area contributed by atoms with Crippen LogP contribution in [0, 0.1) is 17.6 Å². The molecule has 0 N–H and O–H groups in total. The lowest BCUT2D eigenvalue weighted by Gasteiger charge is -2.24. The maximum Gasteiger partial charge on any atom is 0.247 e. The molecular weight excluding hydrogens is 368 g/mol. The first-order valence-electron chi connectivity index (χ1n) is 6.58. The molecule has 0 aromatic heterocycles. The predicted molar refractivity (Wildman–Crippen MR) is 77.4 cm³/mol. The highest BCUT2D eigenvalue weighted by Crippen LogP contribution is 2.30. The minimum Gasteiger partial charge on any atom is -0.381 e. The summed E-state index contributed by atoms with van der Waals surface area (Å²) in [6, 6.07) is 1.52. The lowest BCUT2D eigenvalue weighted by Crippen LogP contribution is -2.36. The van der Waals surface area contributed by atoms with Crippen LogP contribution in [0.3, 0.4) is 0 Å². The van der Waals surface area contributed by atoms with Gasteiger partial charge in [0.1, 0.15) is 16.5 Å². The summed E-state index contributed by atoms with van der Waals surface area (Å²) in [5.41, 5.74) is 0. The fourth-order valence-corrected chi connectivity index (χ4v) is 4.95. The van der Waals surface area contributed by atoms with Gasteiger partial charge < -0.3 is 4.74 Å². The quantitative estimate of drug-likeness (QED) is 0.785. The van der Waals surface area contributed by atoms with Crippen LogP contribution < -0.4 is 0 Å². The largest absolute Gasteiger partial charge is 0.381 e. The van der Waals surface area contributed by atoms with E-state index in [2.05, 4.69) is 15.9 Å². The van der Waals surface area contributed by atoms with E-state index in [1.165, 1.54) is 4.31 Å². The Bertz CT molecular complexity index is 595. The second-order valence-electron chi connectivity index (χ2n) is 4.88. The summed E-state index contributed by atoms with van der Waals surface area (Å²) in [6.07, 6.45) is 0.777. The number of hydrogen-bond donors (Lipinski definition) is 0. The molecule has 21 heavy (non-hydrogen) atoms. The molecule has 1 saturated heterocycles. The third-order valence-corrected chi connectivity index (χ3v) is 6.31. The molecule has 1 fully saturated rings. The van der Waals surface area contributed by atoms with Crippen molar-refractivity contribution in [1.82, 2.24) is 4.31 Å². The highest BCUT2D eigenvalue weighted by atomic mass is 79.9. The lowest BCUT2D eigenvalue weighted by molar-refractivity contribution is 0.180. The second-order valence-corrected chi connectivity index (χ2v) is 7.61. The van der Waals surface area contributed by atoms with E-state index < -0.39 is 26.6 Å². The van der Waals surface area contributed by atoms with Crippen molar-refractivity contribution in [3.05, 3.63) is 28.2 Å². The van der Waals surface area contributed by atoms with E-state index >= 15 is 0 Å². The topological polar surface area (TPSA) is 46.6 Å². The Morgan fingerprint density at radius 2 is 2.14 bits per heavy atom. The smallest absolute Gasteiger partial charge is 0.247 e. The van der Waals surface area contributed by atoms with Gasteiger partial charge in [-0.1, -0.05) is 6.92 Å². The molecule has 118 valence electrons. The van der Waals surface area contributed by atoms with Gasteiger partial charge in [0.05, 0.1) is 6.61 Å². The molecule has 0 bridgehead atoms. The first-order valence-corrected chi connectivity index (χ1v) is 8.82. The molecule has 2 rings (SSSR count). The summed E-state index contributed by atoms with van der Waals surface area (Å²) in [5.74, 6) is -1.82. The molecule has 1 heterocycles. The van der Waals surface area contributed by atoms with Crippen molar-refractivity contribution in [2.75, 3.05) is 26.3 Å². The van der Waals surface area contributed by atoms with Gasteiger partial charge in [-0.05, 0) is 34.3 Å². The molecule has 4 nitrogen and oxygen atoms in total. The molecule has 1 aromatic rings. The molecule has 1 unspecified atom stereocenters. The first kappa shape index (κ1) is 16.8. The third-order valence-electron chi connectivity index (χ3n) is 3.40. The van der Waals surface area contributed by atoms with Gasteiger partial charge in [-0.3, -0.25) is 0 Å². The Kier molecular flexibility index (Phi) is 5.34. The number of sulfonamides is 1. The van der Waals surface area contributed by atoms with Crippen molar-refractivity contribution < 1.29 is 21.9 Å². The molecular formula is C13H16BrF2NO3S. The van der Waals surface area contributed by atoms with Crippen LogP contribution in [0.4, 0.5) is 8.78 Å². The molecule has 1 aliphatic heterocycles. The average molecular weight is 384 g/mol. The summed E-state index contributed by atoms with van der Waals surface area (Å²) < 4.78 is 58.5. The second kappa shape index (κ2) is 6.68. The van der Waals surface area contributed by atoms with Gasteiger partial charge in [0.2, 0.25) is 10.0 Å². The zero-order valence-electron chi connectivity index (χ0n) is 11.5. The summed E-state index contributed by atoms with van der Waals surface area (Å²) in [6.45, 7) is 3.27. The van der Waals surface area contributed by atoms with Crippen LogP contribution in [0.5, 0.6) is 0 Å². The fraction of sp³-hybridized carbons (Fsp3) is 0.538. The van der Waals surface area contributed by atoms with Crippen molar-refractivity contribution in [2.24, 2.45) is 5.92 Å². The van der Waals surface area contributed by atoms with Gasteiger partial charge in [0.25, 0.3) is 0 Å². The Hall–Kier alpha value is -0.570. The van der Waals surface area contributed by atoms with Crippen molar-refractivity contribution >= 4 is 26.0 Å². The van der Waals surface area contributed by atoms with Crippen molar-refractivity contribution in [3.63, 3.8) is 0 Å². The normalized spacial score (nSPS) is 19.4. The van der Waals surface area contributed by atoms with Gasteiger partial charge in [0, 0.05) is 30.2 Å². The van der Waals surface area contributed by atoms with Crippen LogP contribution in [0.25, 0.3) is 0 Å². The Balaban J connectivity index is 2.35. The van der Waals surface area contributed by atoms with Crippen molar-refractivity contribution in [1.29, 1.82) is 0 Å². The average Bonchev–Trinajstić information content (AvgIpc) is 2.86. The minimum absolute atomic E-state index is 0.0991. The number of halogens is 3. The summed E-state index contributed by atoms with van der Waals surface area (Å²) >= 11 is 2.93. The maximum absolute atomic E-state index is 13.9. The third kappa shape index (κ3) is 3.61. The van der Waals surface area contributed by atoms with E-state index in [1.54, 1.807) is 6.92 Å². The molecule has 1 aromatic carbocycles. The summed E-state index contributed by atoms with van der Waals surface area (Å²) in [7, 11) is -4.03. The summed E-state index contributed by atoms with van der Waals surface area (Å²) in [4.78, 5) is -0.523. The van der Waals surface area contributed by atoms with Gasteiger partial charge in [0.15, 0.2) is 0 Å². The Morgan fingerprint density at radius 3 is 2.67 bits per heavy atom. The van der Waals surface area contributed by atoms with E-state index in [9.17, 15) is 17.2 Å². The van der Waals surface area contributed by atoms with Gasteiger partial charge in [-0.2, -0.15) is 4.31 Å². The predicted octanol–water partition coefficient (Wildman–Crippen LogP) is 2.77. The minimum atomic E-state index is -4.03. The van der Waals surface area contributed by atoms with E-state index in [1.807, 2.05) is 0 Å². The first-order chi connectivity index (χ1) is 9.86. The molecule has 0 spiro atoms. The molecule has 0 aliphatic carbocycles.